The Kier molecular flexibility index (Phi) is 6.31. The first kappa shape index (κ1) is 17.9. The molecule has 0 aliphatic carbocycles. The summed E-state index contributed by atoms with van der Waals surface area (Å²) in [5.41, 5.74) is 4.30. The number of rotatable bonds is 7. The molecule has 1 unspecified atom stereocenters. The molecule has 0 bridgehead atoms. The van der Waals surface area contributed by atoms with Crippen LogP contribution in [0.5, 0.6) is 0 Å². The molecule has 0 aliphatic rings. The second-order valence-electron chi connectivity index (χ2n) is 4.77. The van der Waals surface area contributed by atoms with Crippen LogP contribution in [0.4, 0.5) is 0 Å². The van der Waals surface area contributed by atoms with Gasteiger partial charge in [-0.1, -0.05) is 53.2 Å². The van der Waals surface area contributed by atoms with E-state index in [4.69, 9.17) is 16.4 Å². The number of halogens is 1. The van der Waals surface area contributed by atoms with Crippen molar-refractivity contribution in [1.29, 1.82) is 0 Å². The van der Waals surface area contributed by atoms with Gasteiger partial charge in [0.05, 0.1) is 0 Å². The summed E-state index contributed by atoms with van der Waals surface area (Å²) in [4.78, 5) is 21.8. The van der Waals surface area contributed by atoms with Gasteiger partial charge in [0.2, 0.25) is 0 Å². The maximum atomic E-state index is 11.5. The standard InChI is InChI=1S/C17H17ClN2O4/c1-19-24-16(11-7-9-12(18)10-8-11)14-6-4-3-5-13(14)15(17(21)22)20-23-2/h3-10,16,19H,1-2H3,(H,21,22)/b20-15+. The van der Waals surface area contributed by atoms with Gasteiger partial charge in [0.1, 0.15) is 13.2 Å². The second kappa shape index (κ2) is 8.44. The number of carboxylic acid groups (broad SMARTS) is 1. The molecule has 0 aliphatic heterocycles. The first-order valence-corrected chi connectivity index (χ1v) is 7.48. The third-order valence-electron chi connectivity index (χ3n) is 3.29. The summed E-state index contributed by atoms with van der Waals surface area (Å²) in [6, 6.07) is 14.1. The number of nitrogens with one attached hydrogen (secondary N) is 1. The quantitative estimate of drug-likeness (QED) is 0.594. The molecule has 6 nitrogen and oxygen atoms in total. The summed E-state index contributed by atoms with van der Waals surface area (Å²) in [6.07, 6.45) is -0.551. The van der Waals surface area contributed by atoms with Crippen molar-refractivity contribution < 1.29 is 19.6 Å². The minimum atomic E-state index is -1.19. The number of benzene rings is 2. The van der Waals surface area contributed by atoms with E-state index in [1.807, 2.05) is 12.1 Å². The molecular formula is C17H17ClN2O4. The zero-order valence-corrected chi connectivity index (χ0v) is 13.9. The molecule has 0 heterocycles. The van der Waals surface area contributed by atoms with E-state index in [1.54, 1.807) is 43.4 Å². The molecule has 0 saturated carbocycles. The van der Waals surface area contributed by atoms with Crippen LogP contribution in [0.25, 0.3) is 0 Å². The number of carboxylic acids is 1. The van der Waals surface area contributed by atoms with Crippen LogP contribution in [0, 0.1) is 0 Å². The molecule has 1 atom stereocenters. The molecule has 2 N–H and O–H groups in total. The van der Waals surface area contributed by atoms with E-state index < -0.39 is 12.1 Å². The van der Waals surface area contributed by atoms with Crippen LogP contribution in [-0.2, 0) is 14.5 Å². The third-order valence-corrected chi connectivity index (χ3v) is 3.54. The van der Waals surface area contributed by atoms with Crippen LogP contribution in [0.1, 0.15) is 22.8 Å². The Hall–Kier alpha value is -2.41. The highest BCUT2D eigenvalue weighted by Crippen LogP contribution is 2.29. The van der Waals surface area contributed by atoms with Gasteiger partial charge in [0.25, 0.3) is 0 Å². The Morgan fingerprint density at radius 3 is 2.46 bits per heavy atom. The molecule has 126 valence electrons. The maximum Gasteiger partial charge on any atom is 0.358 e. The first-order valence-electron chi connectivity index (χ1n) is 7.10. The number of hydrogen-bond donors (Lipinski definition) is 2. The van der Waals surface area contributed by atoms with Gasteiger partial charge in [-0.3, -0.25) is 4.84 Å². The fraction of sp³-hybridized carbons (Fsp3) is 0.176. The highest BCUT2D eigenvalue weighted by Gasteiger charge is 2.24. The van der Waals surface area contributed by atoms with Crippen LogP contribution in [0.15, 0.2) is 53.7 Å². The van der Waals surface area contributed by atoms with Crippen molar-refractivity contribution in [1.82, 2.24) is 5.48 Å². The Balaban J connectivity index is 2.57. The lowest BCUT2D eigenvalue weighted by molar-refractivity contribution is -0.129. The molecule has 0 spiro atoms. The van der Waals surface area contributed by atoms with Crippen LogP contribution in [-0.4, -0.2) is 30.9 Å². The molecule has 0 aromatic heterocycles. The van der Waals surface area contributed by atoms with Gasteiger partial charge in [-0.2, -0.15) is 0 Å². The van der Waals surface area contributed by atoms with Crippen LogP contribution in [0.2, 0.25) is 5.02 Å². The zero-order chi connectivity index (χ0) is 17.5. The van der Waals surface area contributed by atoms with E-state index in [9.17, 15) is 9.90 Å². The van der Waals surface area contributed by atoms with Crippen LogP contribution in [0.3, 0.4) is 0 Å². The number of aliphatic carboxylic acids is 1. The van der Waals surface area contributed by atoms with Crippen molar-refractivity contribution in [3.05, 3.63) is 70.2 Å². The fourth-order valence-electron chi connectivity index (χ4n) is 2.30. The third kappa shape index (κ3) is 4.11. The molecule has 0 amide bonds. The van der Waals surface area contributed by atoms with Crippen molar-refractivity contribution in [2.75, 3.05) is 14.2 Å². The summed E-state index contributed by atoms with van der Waals surface area (Å²) in [5, 5.41) is 13.6. The predicted molar refractivity (Wildman–Crippen MR) is 91.1 cm³/mol. The average Bonchev–Trinajstić information content (AvgIpc) is 2.58. The van der Waals surface area contributed by atoms with E-state index >= 15 is 0 Å². The van der Waals surface area contributed by atoms with Gasteiger partial charge in [0, 0.05) is 17.6 Å². The van der Waals surface area contributed by atoms with Gasteiger partial charge in [-0.25, -0.2) is 10.3 Å². The maximum absolute atomic E-state index is 11.5. The number of nitrogens with zero attached hydrogens (tertiary/aromatic N) is 1. The number of hydrogen-bond acceptors (Lipinski definition) is 5. The first-order chi connectivity index (χ1) is 11.6. The van der Waals surface area contributed by atoms with E-state index in [1.165, 1.54) is 7.11 Å². The predicted octanol–water partition coefficient (Wildman–Crippen LogP) is 3.02. The minimum Gasteiger partial charge on any atom is -0.476 e. The van der Waals surface area contributed by atoms with Crippen molar-refractivity contribution in [3.8, 4) is 0 Å². The normalized spacial score (nSPS) is 12.7. The van der Waals surface area contributed by atoms with Crippen molar-refractivity contribution in [2.45, 2.75) is 6.10 Å². The molecule has 0 saturated heterocycles. The van der Waals surface area contributed by atoms with E-state index in [-0.39, 0.29) is 5.71 Å². The van der Waals surface area contributed by atoms with Gasteiger partial charge >= 0.3 is 5.97 Å². The summed E-state index contributed by atoms with van der Waals surface area (Å²) < 4.78 is 0. The summed E-state index contributed by atoms with van der Waals surface area (Å²) in [7, 11) is 2.93. The summed E-state index contributed by atoms with van der Waals surface area (Å²) >= 11 is 5.93. The second-order valence-corrected chi connectivity index (χ2v) is 5.20. The van der Waals surface area contributed by atoms with Gasteiger partial charge in [-0.15, -0.1) is 0 Å². The molecule has 2 aromatic carbocycles. The lowest BCUT2D eigenvalue weighted by atomic mass is 9.94. The van der Waals surface area contributed by atoms with Crippen molar-refractivity contribution in [2.24, 2.45) is 5.16 Å². The molecular weight excluding hydrogens is 332 g/mol. The highest BCUT2D eigenvalue weighted by atomic mass is 35.5. The molecule has 2 aromatic rings. The van der Waals surface area contributed by atoms with Crippen LogP contribution < -0.4 is 5.48 Å². The lowest BCUT2D eigenvalue weighted by Crippen LogP contribution is -2.21. The number of carbonyl (C=O) groups is 1. The lowest BCUT2D eigenvalue weighted by Gasteiger charge is -2.20. The minimum absolute atomic E-state index is 0.202. The molecule has 0 fully saturated rings. The van der Waals surface area contributed by atoms with E-state index in [0.29, 0.717) is 16.1 Å². The SMILES string of the molecule is CNOC(c1ccc(Cl)cc1)c1ccccc1/C(=N\OC)C(=O)O. The van der Waals surface area contributed by atoms with Crippen molar-refractivity contribution in [3.63, 3.8) is 0 Å². The topological polar surface area (TPSA) is 80.1 Å². The molecule has 7 heteroatoms. The van der Waals surface area contributed by atoms with Gasteiger partial charge < -0.3 is 9.94 Å². The number of hydroxylamine groups is 1. The Morgan fingerprint density at radius 2 is 1.88 bits per heavy atom. The Bertz CT molecular complexity index is 732. The average molecular weight is 349 g/mol. The molecule has 2 rings (SSSR count). The molecule has 0 radical (unpaired) electrons. The van der Waals surface area contributed by atoms with Gasteiger partial charge in [0.15, 0.2) is 5.71 Å². The monoisotopic (exact) mass is 348 g/mol. The van der Waals surface area contributed by atoms with Gasteiger partial charge in [-0.05, 0) is 23.3 Å². The molecule has 24 heavy (non-hydrogen) atoms. The van der Waals surface area contributed by atoms with Crippen molar-refractivity contribution >= 4 is 23.3 Å². The van der Waals surface area contributed by atoms with E-state index in [2.05, 4.69) is 15.5 Å². The summed E-state index contributed by atoms with van der Waals surface area (Å²) in [5.74, 6) is -1.19. The summed E-state index contributed by atoms with van der Waals surface area (Å²) in [6.45, 7) is 0. The van der Waals surface area contributed by atoms with Crippen LogP contribution >= 0.6 is 11.6 Å². The Morgan fingerprint density at radius 1 is 1.21 bits per heavy atom. The smallest absolute Gasteiger partial charge is 0.358 e. The highest BCUT2D eigenvalue weighted by molar-refractivity contribution is 6.42. The number of oxime groups is 1. The fourth-order valence-corrected chi connectivity index (χ4v) is 2.43. The Labute approximate surface area is 144 Å². The largest absolute Gasteiger partial charge is 0.476 e. The van der Waals surface area contributed by atoms with E-state index in [0.717, 1.165) is 5.56 Å². The zero-order valence-electron chi connectivity index (χ0n) is 13.2.